The summed E-state index contributed by atoms with van der Waals surface area (Å²) in [5.41, 5.74) is 2.42. The van der Waals surface area contributed by atoms with Crippen molar-refractivity contribution in [2.45, 2.75) is 19.3 Å². The highest BCUT2D eigenvalue weighted by Crippen LogP contribution is 2.28. The summed E-state index contributed by atoms with van der Waals surface area (Å²) < 4.78 is 0. The lowest BCUT2D eigenvalue weighted by molar-refractivity contribution is -0.141. The quantitative estimate of drug-likeness (QED) is 0.812. The van der Waals surface area contributed by atoms with Crippen LogP contribution >= 0.6 is 0 Å². The molecule has 1 aliphatic heterocycles. The van der Waals surface area contributed by atoms with Crippen molar-refractivity contribution in [2.24, 2.45) is 5.92 Å². The maximum atomic E-state index is 11.1. The molecule has 2 N–H and O–H groups in total. The lowest BCUT2D eigenvalue weighted by Gasteiger charge is -2.15. The van der Waals surface area contributed by atoms with Crippen LogP contribution < -0.4 is 5.32 Å². The second-order valence-corrected chi connectivity index (χ2v) is 4.31. The molecule has 1 aromatic rings. The van der Waals surface area contributed by atoms with E-state index in [-0.39, 0.29) is 11.8 Å². The second kappa shape index (κ2) is 4.66. The number of hydrogen-bond acceptors (Lipinski definition) is 2. The molecule has 0 radical (unpaired) electrons. The van der Waals surface area contributed by atoms with Crippen molar-refractivity contribution < 1.29 is 9.90 Å². The van der Waals surface area contributed by atoms with E-state index in [9.17, 15) is 4.79 Å². The minimum atomic E-state index is -0.697. The fourth-order valence-corrected chi connectivity index (χ4v) is 2.33. The van der Waals surface area contributed by atoms with Crippen molar-refractivity contribution in [2.75, 3.05) is 13.1 Å². The van der Waals surface area contributed by atoms with Crippen LogP contribution in [0, 0.1) is 5.92 Å². The summed E-state index contributed by atoms with van der Waals surface area (Å²) >= 11 is 0. The largest absolute Gasteiger partial charge is 0.481 e. The van der Waals surface area contributed by atoms with Gasteiger partial charge in [-0.25, -0.2) is 0 Å². The van der Waals surface area contributed by atoms with Gasteiger partial charge in [0.1, 0.15) is 0 Å². The summed E-state index contributed by atoms with van der Waals surface area (Å²) in [7, 11) is 0. The third kappa shape index (κ3) is 2.09. The van der Waals surface area contributed by atoms with E-state index in [1.54, 1.807) is 0 Å². The zero-order valence-corrected chi connectivity index (χ0v) is 9.44. The molecule has 0 bridgehead atoms. The van der Waals surface area contributed by atoms with Crippen molar-refractivity contribution in [3.05, 3.63) is 35.4 Å². The molecule has 16 heavy (non-hydrogen) atoms. The molecule has 2 rings (SSSR count). The summed E-state index contributed by atoms with van der Waals surface area (Å²) in [4.78, 5) is 11.1. The average molecular weight is 219 g/mol. The Hall–Kier alpha value is -1.35. The Balaban J connectivity index is 2.25. The number of rotatable bonds is 3. The molecule has 0 unspecified atom stereocenters. The summed E-state index contributed by atoms with van der Waals surface area (Å²) in [6.07, 6.45) is 0.992. The number of aliphatic carboxylic acids is 1. The molecule has 1 heterocycles. The number of aryl methyl sites for hydroxylation is 1. The van der Waals surface area contributed by atoms with E-state index in [2.05, 4.69) is 24.4 Å². The number of carboxylic acid groups (broad SMARTS) is 1. The Morgan fingerprint density at radius 3 is 3.00 bits per heavy atom. The Morgan fingerprint density at radius 1 is 1.50 bits per heavy atom. The van der Waals surface area contributed by atoms with Crippen molar-refractivity contribution in [3.8, 4) is 0 Å². The Labute approximate surface area is 95.5 Å². The second-order valence-electron chi connectivity index (χ2n) is 4.31. The maximum Gasteiger partial charge on any atom is 0.308 e. The van der Waals surface area contributed by atoms with Crippen LogP contribution in [0.15, 0.2) is 24.3 Å². The first kappa shape index (κ1) is 11.1. The Bertz CT molecular complexity index is 389. The first-order valence-electron chi connectivity index (χ1n) is 5.74. The van der Waals surface area contributed by atoms with E-state index in [1.807, 2.05) is 12.1 Å². The molecular formula is C13H17NO2. The molecule has 1 aromatic carbocycles. The molecule has 2 atom stereocenters. The van der Waals surface area contributed by atoms with Gasteiger partial charge in [0.2, 0.25) is 0 Å². The molecule has 1 aliphatic rings. The topological polar surface area (TPSA) is 49.3 Å². The number of nitrogens with one attached hydrogen (secondary N) is 1. The fraction of sp³-hybridized carbons (Fsp3) is 0.462. The summed E-state index contributed by atoms with van der Waals surface area (Å²) in [5.74, 6) is -0.868. The lowest BCUT2D eigenvalue weighted by Crippen LogP contribution is -2.21. The van der Waals surface area contributed by atoms with Gasteiger partial charge in [-0.05, 0) is 17.5 Å². The SMILES string of the molecule is CCc1cccc([C@H]2CNC[C@@H]2C(=O)O)c1. The average Bonchev–Trinajstić information content (AvgIpc) is 2.78. The molecule has 0 aliphatic carbocycles. The summed E-state index contributed by atoms with van der Waals surface area (Å²) in [6, 6.07) is 8.27. The summed E-state index contributed by atoms with van der Waals surface area (Å²) in [6.45, 7) is 3.46. The first-order valence-corrected chi connectivity index (χ1v) is 5.74. The molecule has 0 amide bonds. The van der Waals surface area contributed by atoms with E-state index >= 15 is 0 Å². The van der Waals surface area contributed by atoms with Gasteiger partial charge in [-0.2, -0.15) is 0 Å². The molecule has 0 saturated carbocycles. The van der Waals surface area contributed by atoms with Gasteiger partial charge in [0.05, 0.1) is 5.92 Å². The predicted octanol–water partition coefficient (Wildman–Crippen LogP) is 1.64. The van der Waals surface area contributed by atoms with Gasteiger partial charge in [0.15, 0.2) is 0 Å². The van der Waals surface area contributed by atoms with Crippen LogP contribution in [0.1, 0.15) is 24.0 Å². The zero-order valence-electron chi connectivity index (χ0n) is 9.44. The van der Waals surface area contributed by atoms with Gasteiger partial charge in [0, 0.05) is 19.0 Å². The number of carboxylic acids is 1. The maximum absolute atomic E-state index is 11.1. The van der Waals surface area contributed by atoms with Gasteiger partial charge >= 0.3 is 5.97 Å². The van der Waals surface area contributed by atoms with E-state index in [1.165, 1.54) is 5.56 Å². The molecule has 86 valence electrons. The molecule has 3 heteroatoms. The standard InChI is InChI=1S/C13H17NO2/c1-2-9-4-3-5-10(6-9)11-7-14-8-12(11)13(15)16/h3-6,11-12,14H,2,7-8H2,1H3,(H,15,16)/t11-,12+/m1/s1. The first-order chi connectivity index (χ1) is 7.72. The van der Waals surface area contributed by atoms with Gasteiger partial charge in [-0.15, -0.1) is 0 Å². The van der Waals surface area contributed by atoms with Crippen LogP contribution in [0.3, 0.4) is 0 Å². The van der Waals surface area contributed by atoms with Crippen molar-refractivity contribution >= 4 is 5.97 Å². The molecule has 0 spiro atoms. The van der Waals surface area contributed by atoms with Crippen LogP contribution in [0.2, 0.25) is 0 Å². The minimum absolute atomic E-state index is 0.115. The van der Waals surface area contributed by atoms with Gasteiger partial charge in [-0.1, -0.05) is 31.2 Å². The number of carbonyl (C=O) groups is 1. The molecule has 1 fully saturated rings. The van der Waals surface area contributed by atoms with E-state index in [4.69, 9.17) is 5.11 Å². The predicted molar refractivity (Wildman–Crippen MR) is 62.6 cm³/mol. The van der Waals surface area contributed by atoms with Gasteiger partial charge < -0.3 is 10.4 Å². The van der Waals surface area contributed by atoms with E-state index in [0.717, 1.165) is 18.5 Å². The fourth-order valence-electron chi connectivity index (χ4n) is 2.33. The molecular weight excluding hydrogens is 202 g/mol. The lowest BCUT2D eigenvalue weighted by atomic mass is 9.88. The van der Waals surface area contributed by atoms with E-state index < -0.39 is 5.97 Å². The monoisotopic (exact) mass is 219 g/mol. The highest BCUT2D eigenvalue weighted by molar-refractivity contribution is 5.72. The third-order valence-electron chi connectivity index (χ3n) is 3.32. The van der Waals surface area contributed by atoms with Crippen LogP contribution in [-0.2, 0) is 11.2 Å². The zero-order chi connectivity index (χ0) is 11.5. The number of benzene rings is 1. The van der Waals surface area contributed by atoms with Crippen LogP contribution in [0.25, 0.3) is 0 Å². The van der Waals surface area contributed by atoms with Crippen LogP contribution in [0.5, 0.6) is 0 Å². The highest BCUT2D eigenvalue weighted by Gasteiger charge is 2.33. The van der Waals surface area contributed by atoms with Crippen molar-refractivity contribution in [1.82, 2.24) is 5.32 Å². The molecule has 1 saturated heterocycles. The van der Waals surface area contributed by atoms with Crippen LogP contribution in [0.4, 0.5) is 0 Å². The van der Waals surface area contributed by atoms with Crippen molar-refractivity contribution in [1.29, 1.82) is 0 Å². The smallest absolute Gasteiger partial charge is 0.308 e. The van der Waals surface area contributed by atoms with Crippen molar-refractivity contribution in [3.63, 3.8) is 0 Å². The molecule has 3 nitrogen and oxygen atoms in total. The molecule has 0 aromatic heterocycles. The van der Waals surface area contributed by atoms with Gasteiger partial charge in [0.25, 0.3) is 0 Å². The highest BCUT2D eigenvalue weighted by atomic mass is 16.4. The Morgan fingerprint density at radius 2 is 2.31 bits per heavy atom. The van der Waals surface area contributed by atoms with E-state index in [0.29, 0.717) is 6.54 Å². The van der Waals surface area contributed by atoms with Crippen LogP contribution in [-0.4, -0.2) is 24.2 Å². The Kier molecular flexibility index (Phi) is 3.25. The normalized spacial score (nSPS) is 24.6. The summed E-state index contributed by atoms with van der Waals surface area (Å²) in [5, 5.41) is 12.3. The minimum Gasteiger partial charge on any atom is -0.481 e. The van der Waals surface area contributed by atoms with Gasteiger partial charge in [-0.3, -0.25) is 4.79 Å². The third-order valence-corrected chi connectivity index (χ3v) is 3.32. The number of hydrogen-bond donors (Lipinski definition) is 2.